The maximum Gasteiger partial charge on any atom is 0.317 e. The van der Waals surface area contributed by atoms with Crippen LogP contribution >= 0.6 is 0 Å². The molecule has 6 atom stereocenters. The second-order valence-corrected chi connectivity index (χ2v) is 11.4. The number of esters is 1. The fourth-order valence-corrected chi connectivity index (χ4v) is 8.46. The minimum Gasteiger partial charge on any atom is -0.481 e. The number of fused-ring (bicyclic) bond motifs is 2. The largest absolute Gasteiger partial charge is 0.481 e. The van der Waals surface area contributed by atoms with E-state index in [1.54, 1.807) is 0 Å². The van der Waals surface area contributed by atoms with Crippen molar-refractivity contribution in [1.82, 2.24) is 0 Å². The summed E-state index contributed by atoms with van der Waals surface area (Å²) < 4.78 is 5.77. The lowest BCUT2D eigenvalue weighted by molar-refractivity contribution is -0.199. The van der Waals surface area contributed by atoms with Gasteiger partial charge in [-0.25, -0.2) is 0 Å². The van der Waals surface area contributed by atoms with Crippen LogP contribution in [0, 0.1) is 33.5 Å². The summed E-state index contributed by atoms with van der Waals surface area (Å²) in [5, 5.41) is 8.91. The molecule has 4 rings (SSSR count). The molecule has 4 nitrogen and oxygen atoms in total. The highest BCUT2D eigenvalue weighted by Gasteiger charge is 2.69. The van der Waals surface area contributed by atoms with Crippen LogP contribution in [-0.4, -0.2) is 23.1 Å². The Labute approximate surface area is 163 Å². The summed E-state index contributed by atoms with van der Waals surface area (Å²) in [6.45, 7) is 9.85. The summed E-state index contributed by atoms with van der Waals surface area (Å²) in [6.07, 6.45) is 10.4. The Kier molecular flexibility index (Phi) is 4.26. The second-order valence-electron chi connectivity index (χ2n) is 11.4. The zero-order chi connectivity index (χ0) is 19.7. The summed E-state index contributed by atoms with van der Waals surface area (Å²) in [4.78, 5) is 22.9. The molecule has 2 bridgehead atoms. The molecular formula is C23H36O4. The molecule has 4 heteroatoms. The molecule has 4 fully saturated rings. The molecule has 4 aliphatic rings. The Morgan fingerprint density at radius 1 is 1.04 bits per heavy atom. The molecule has 0 saturated heterocycles. The molecule has 152 valence electrons. The van der Waals surface area contributed by atoms with E-state index in [0.29, 0.717) is 22.2 Å². The van der Waals surface area contributed by atoms with E-state index in [9.17, 15) is 9.59 Å². The molecule has 1 spiro atoms. The van der Waals surface area contributed by atoms with Gasteiger partial charge in [0.2, 0.25) is 0 Å². The summed E-state index contributed by atoms with van der Waals surface area (Å²) in [7, 11) is 0. The van der Waals surface area contributed by atoms with Crippen molar-refractivity contribution in [3.63, 3.8) is 0 Å². The second kappa shape index (κ2) is 5.97. The average molecular weight is 377 g/mol. The normalized spacial score (nSPS) is 47.6. The topological polar surface area (TPSA) is 63.6 Å². The number of hydrogen-bond donors (Lipinski definition) is 1. The molecule has 27 heavy (non-hydrogen) atoms. The number of ether oxygens (including phenoxy) is 1. The van der Waals surface area contributed by atoms with Crippen LogP contribution in [0.15, 0.2) is 0 Å². The molecule has 0 amide bonds. The van der Waals surface area contributed by atoms with Gasteiger partial charge in [-0.2, -0.15) is 0 Å². The molecular weight excluding hydrogens is 340 g/mol. The fraction of sp³-hybridized carbons (Fsp3) is 0.913. The van der Waals surface area contributed by atoms with E-state index in [2.05, 4.69) is 27.7 Å². The van der Waals surface area contributed by atoms with E-state index < -0.39 is 18.4 Å². The number of carbonyl (C=O) groups excluding carboxylic acids is 1. The number of rotatable bonds is 3. The smallest absolute Gasteiger partial charge is 0.317 e. The lowest BCUT2D eigenvalue weighted by atomic mass is 9.38. The van der Waals surface area contributed by atoms with Gasteiger partial charge in [-0.15, -0.1) is 0 Å². The SMILES string of the molecule is CC1(C)CCC[C@@]2(C)[C@@H]1CC[C@H]1C[C@@H](OC(=O)CC(=O)O)[C@@]3(C)CC[C@]12C3. The first kappa shape index (κ1) is 19.3. The first-order valence-electron chi connectivity index (χ1n) is 10.9. The van der Waals surface area contributed by atoms with Gasteiger partial charge in [0.15, 0.2) is 0 Å². The molecule has 0 heterocycles. The Hall–Kier alpha value is -1.06. The van der Waals surface area contributed by atoms with E-state index in [-0.39, 0.29) is 11.5 Å². The third-order valence-electron chi connectivity index (χ3n) is 9.66. The molecule has 4 aliphatic carbocycles. The van der Waals surface area contributed by atoms with E-state index in [1.807, 2.05) is 0 Å². The van der Waals surface area contributed by atoms with E-state index in [1.165, 1.54) is 38.5 Å². The van der Waals surface area contributed by atoms with E-state index >= 15 is 0 Å². The molecule has 1 N–H and O–H groups in total. The van der Waals surface area contributed by atoms with Crippen molar-refractivity contribution in [2.24, 2.45) is 33.5 Å². The first-order valence-corrected chi connectivity index (χ1v) is 10.9. The van der Waals surface area contributed by atoms with E-state index in [4.69, 9.17) is 9.84 Å². The quantitative estimate of drug-likeness (QED) is 0.543. The Morgan fingerprint density at radius 3 is 2.48 bits per heavy atom. The lowest BCUT2D eigenvalue weighted by Crippen LogP contribution is -2.60. The number of carbonyl (C=O) groups is 2. The number of carboxylic acid groups (broad SMARTS) is 1. The van der Waals surface area contributed by atoms with E-state index in [0.717, 1.165) is 25.2 Å². The Bertz CT molecular complexity index is 655. The highest BCUT2D eigenvalue weighted by atomic mass is 16.5. The van der Waals surface area contributed by atoms with Crippen LogP contribution in [-0.2, 0) is 14.3 Å². The molecule has 0 unspecified atom stereocenters. The predicted molar refractivity (Wildman–Crippen MR) is 103 cm³/mol. The van der Waals surface area contributed by atoms with Crippen LogP contribution in [0.3, 0.4) is 0 Å². The van der Waals surface area contributed by atoms with Crippen LogP contribution in [0.25, 0.3) is 0 Å². The van der Waals surface area contributed by atoms with Gasteiger partial charge in [0.25, 0.3) is 0 Å². The zero-order valence-corrected chi connectivity index (χ0v) is 17.5. The molecule has 0 aliphatic heterocycles. The van der Waals surface area contributed by atoms with Crippen LogP contribution in [0.4, 0.5) is 0 Å². The summed E-state index contributed by atoms with van der Waals surface area (Å²) in [5.41, 5.74) is 1.22. The van der Waals surface area contributed by atoms with Gasteiger partial charge in [-0.3, -0.25) is 9.59 Å². The van der Waals surface area contributed by atoms with Crippen LogP contribution < -0.4 is 0 Å². The standard InChI is InChI=1S/C23H36O4/c1-20(2)8-5-9-22(4)16(20)7-6-15-12-17(27-19(26)13-18(24)25)21(3)10-11-23(15,22)14-21/h15-17H,5-14H2,1-4H3,(H,24,25)/t15-,16+,17+,21-,22-,23-/m0/s1. The summed E-state index contributed by atoms with van der Waals surface area (Å²) >= 11 is 0. The number of aliphatic carboxylic acids is 1. The van der Waals surface area contributed by atoms with Crippen molar-refractivity contribution < 1.29 is 19.4 Å². The number of carboxylic acids is 1. The first-order chi connectivity index (χ1) is 12.5. The maximum atomic E-state index is 12.1. The van der Waals surface area contributed by atoms with Crippen LogP contribution in [0.1, 0.15) is 91.9 Å². The fourth-order valence-electron chi connectivity index (χ4n) is 8.46. The minimum absolute atomic E-state index is 0.0111. The maximum absolute atomic E-state index is 12.1. The van der Waals surface area contributed by atoms with Crippen molar-refractivity contribution in [3.05, 3.63) is 0 Å². The molecule has 4 saturated carbocycles. The van der Waals surface area contributed by atoms with Gasteiger partial charge < -0.3 is 9.84 Å². The molecule has 0 aromatic carbocycles. The molecule has 0 aromatic rings. The predicted octanol–water partition coefficient (Wildman–Crippen LogP) is 5.20. The third kappa shape index (κ3) is 2.68. The number of hydrogen-bond acceptors (Lipinski definition) is 3. The van der Waals surface area contributed by atoms with Crippen molar-refractivity contribution in [2.45, 2.75) is 98.0 Å². The molecule has 0 radical (unpaired) electrons. The van der Waals surface area contributed by atoms with Crippen molar-refractivity contribution in [1.29, 1.82) is 0 Å². The van der Waals surface area contributed by atoms with Crippen LogP contribution in [0.2, 0.25) is 0 Å². The zero-order valence-electron chi connectivity index (χ0n) is 17.5. The third-order valence-corrected chi connectivity index (χ3v) is 9.66. The van der Waals surface area contributed by atoms with Gasteiger partial charge >= 0.3 is 11.9 Å². The molecule has 0 aromatic heterocycles. The van der Waals surface area contributed by atoms with Crippen molar-refractivity contribution in [2.75, 3.05) is 0 Å². The van der Waals surface area contributed by atoms with Gasteiger partial charge in [0.1, 0.15) is 12.5 Å². The van der Waals surface area contributed by atoms with Gasteiger partial charge in [0.05, 0.1) is 0 Å². The summed E-state index contributed by atoms with van der Waals surface area (Å²) in [5.74, 6) is -0.250. The Balaban J connectivity index is 1.62. The van der Waals surface area contributed by atoms with Crippen molar-refractivity contribution >= 4 is 11.9 Å². The van der Waals surface area contributed by atoms with Gasteiger partial charge in [-0.1, -0.05) is 34.1 Å². The van der Waals surface area contributed by atoms with Gasteiger partial charge in [-0.05, 0) is 79.4 Å². The lowest BCUT2D eigenvalue weighted by Gasteiger charge is -2.67. The summed E-state index contributed by atoms with van der Waals surface area (Å²) in [6, 6.07) is 0. The monoisotopic (exact) mass is 376 g/mol. The Morgan fingerprint density at radius 2 is 1.78 bits per heavy atom. The van der Waals surface area contributed by atoms with Crippen molar-refractivity contribution in [3.8, 4) is 0 Å². The highest BCUT2D eigenvalue weighted by molar-refractivity contribution is 5.90. The highest BCUT2D eigenvalue weighted by Crippen LogP contribution is 2.76. The minimum atomic E-state index is -1.10. The van der Waals surface area contributed by atoms with Crippen LogP contribution in [0.5, 0.6) is 0 Å². The average Bonchev–Trinajstić information content (AvgIpc) is 2.85. The van der Waals surface area contributed by atoms with Gasteiger partial charge in [0, 0.05) is 5.41 Å².